The van der Waals surface area contributed by atoms with Crippen LogP contribution in [0.3, 0.4) is 0 Å². The van der Waals surface area contributed by atoms with Crippen molar-refractivity contribution in [3.05, 3.63) is 33.9 Å². The lowest BCUT2D eigenvalue weighted by Gasteiger charge is -1.98. The van der Waals surface area contributed by atoms with E-state index < -0.39 is 19.7 Å². The molecule has 0 fully saturated rings. The maximum absolute atomic E-state index is 11.1. The first-order valence-corrected chi connectivity index (χ1v) is 6.58. The summed E-state index contributed by atoms with van der Waals surface area (Å²) in [5.41, 5.74) is 4.92. The average Bonchev–Trinajstić information content (AvgIpc) is 2.24. The van der Waals surface area contributed by atoms with Gasteiger partial charge in [0, 0.05) is 28.4 Å². The van der Waals surface area contributed by atoms with Crippen LogP contribution in [-0.4, -0.2) is 19.9 Å². The Bertz CT molecular complexity index is 616. The molecule has 2 N–H and O–H groups in total. The van der Waals surface area contributed by atoms with Gasteiger partial charge in [0.05, 0.1) is 16.4 Å². The summed E-state index contributed by atoms with van der Waals surface area (Å²) in [5.74, 6) is 4.98. The van der Waals surface area contributed by atoms with Crippen LogP contribution >= 0.6 is 10.7 Å². The predicted octanol–water partition coefficient (Wildman–Crippen LogP) is 0.833. The molecule has 0 amide bonds. The number of nitrogens with zero attached hydrogens (tertiary/aromatic N) is 1. The third-order valence-electron chi connectivity index (χ3n) is 1.72. The number of benzene rings is 1. The molecule has 0 saturated carbocycles. The second-order valence-electron chi connectivity index (χ2n) is 2.92. The van der Waals surface area contributed by atoms with Crippen molar-refractivity contribution >= 4 is 25.4 Å². The van der Waals surface area contributed by atoms with Gasteiger partial charge in [-0.15, -0.1) is 0 Å². The molecule has 0 unspecified atom stereocenters. The Morgan fingerprint density at radius 1 is 1.41 bits per heavy atom. The topological polar surface area (TPSA) is 103 Å². The number of hydrogen-bond acceptors (Lipinski definition) is 5. The second kappa shape index (κ2) is 5.14. The van der Waals surface area contributed by atoms with Crippen LogP contribution in [0.25, 0.3) is 0 Å². The van der Waals surface area contributed by atoms with Gasteiger partial charge in [0.15, 0.2) is 0 Å². The first-order valence-electron chi connectivity index (χ1n) is 4.27. The van der Waals surface area contributed by atoms with E-state index in [0.717, 1.165) is 18.2 Å². The molecule has 0 bridgehead atoms. The van der Waals surface area contributed by atoms with Gasteiger partial charge in [0.1, 0.15) is 0 Å². The molecule has 0 heterocycles. The zero-order chi connectivity index (χ0) is 13.1. The Labute approximate surface area is 102 Å². The number of nitrogens with two attached hydrogens (primary N) is 1. The van der Waals surface area contributed by atoms with Gasteiger partial charge >= 0.3 is 0 Å². The fourth-order valence-corrected chi connectivity index (χ4v) is 1.85. The SMILES string of the molecule is NCC#Cc1cc([N+](=O)[O-])cc(S(=O)(=O)Cl)c1. The Balaban J connectivity index is 3.44. The van der Waals surface area contributed by atoms with Crippen molar-refractivity contribution in [2.45, 2.75) is 4.90 Å². The van der Waals surface area contributed by atoms with Crippen LogP contribution in [0, 0.1) is 22.0 Å². The molecule has 0 atom stereocenters. The summed E-state index contributed by atoms with van der Waals surface area (Å²) in [6, 6.07) is 3.17. The van der Waals surface area contributed by atoms with Crippen molar-refractivity contribution in [3.8, 4) is 11.8 Å². The lowest BCUT2D eigenvalue weighted by atomic mass is 10.2. The van der Waals surface area contributed by atoms with Crippen LogP contribution in [0.5, 0.6) is 0 Å². The Hall–Kier alpha value is -1.62. The Morgan fingerprint density at radius 2 is 2.06 bits per heavy atom. The van der Waals surface area contributed by atoms with E-state index in [1.807, 2.05) is 0 Å². The van der Waals surface area contributed by atoms with Crippen molar-refractivity contribution in [2.75, 3.05) is 6.54 Å². The number of nitro benzene ring substituents is 1. The smallest absolute Gasteiger partial charge is 0.272 e. The molecular weight excluding hydrogens is 268 g/mol. The zero-order valence-corrected chi connectivity index (χ0v) is 9.96. The maximum Gasteiger partial charge on any atom is 0.272 e. The highest BCUT2D eigenvalue weighted by Gasteiger charge is 2.16. The molecule has 6 nitrogen and oxygen atoms in total. The van der Waals surface area contributed by atoms with E-state index in [-0.39, 0.29) is 17.0 Å². The van der Waals surface area contributed by atoms with E-state index in [1.165, 1.54) is 0 Å². The minimum atomic E-state index is -4.04. The quantitative estimate of drug-likeness (QED) is 0.372. The highest BCUT2D eigenvalue weighted by molar-refractivity contribution is 8.13. The first kappa shape index (κ1) is 13.4. The van der Waals surface area contributed by atoms with E-state index in [4.69, 9.17) is 16.4 Å². The average molecular weight is 275 g/mol. The lowest BCUT2D eigenvalue weighted by Crippen LogP contribution is -1.97. The summed E-state index contributed by atoms with van der Waals surface area (Å²) in [7, 11) is 1.08. The normalized spacial score (nSPS) is 10.5. The van der Waals surface area contributed by atoms with E-state index in [0.29, 0.717) is 0 Å². The minimum absolute atomic E-state index is 0.0612. The molecule has 90 valence electrons. The van der Waals surface area contributed by atoms with Gasteiger partial charge in [-0.25, -0.2) is 8.42 Å². The Morgan fingerprint density at radius 3 is 2.53 bits per heavy atom. The van der Waals surface area contributed by atoms with Crippen LogP contribution in [0.15, 0.2) is 23.1 Å². The molecular formula is C9H7ClN2O4S. The third kappa shape index (κ3) is 3.71. The van der Waals surface area contributed by atoms with Crippen LogP contribution < -0.4 is 5.73 Å². The summed E-state index contributed by atoms with van der Waals surface area (Å²) in [6.07, 6.45) is 0. The summed E-state index contributed by atoms with van der Waals surface area (Å²) < 4.78 is 22.2. The summed E-state index contributed by atoms with van der Waals surface area (Å²) in [4.78, 5) is 9.51. The number of rotatable bonds is 2. The molecule has 0 radical (unpaired) electrons. The molecule has 0 aliphatic heterocycles. The van der Waals surface area contributed by atoms with Crippen molar-refractivity contribution in [1.29, 1.82) is 0 Å². The van der Waals surface area contributed by atoms with Crippen molar-refractivity contribution in [3.63, 3.8) is 0 Å². The number of nitro groups is 1. The van der Waals surface area contributed by atoms with Gasteiger partial charge in [-0.2, -0.15) is 0 Å². The highest BCUT2D eigenvalue weighted by atomic mass is 35.7. The van der Waals surface area contributed by atoms with Gasteiger partial charge in [-0.05, 0) is 6.07 Å². The summed E-state index contributed by atoms with van der Waals surface area (Å²) in [5, 5.41) is 10.6. The van der Waals surface area contributed by atoms with Gasteiger partial charge in [0.25, 0.3) is 14.7 Å². The van der Waals surface area contributed by atoms with Gasteiger partial charge in [-0.3, -0.25) is 10.1 Å². The molecule has 8 heteroatoms. The number of hydrogen-bond donors (Lipinski definition) is 1. The lowest BCUT2D eigenvalue weighted by molar-refractivity contribution is -0.385. The summed E-state index contributed by atoms with van der Waals surface area (Å²) >= 11 is 0. The van der Waals surface area contributed by atoms with E-state index >= 15 is 0 Å². The van der Waals surface area contributed by atoms with Gasteiger partial charge in [0.2, 0.25) is 0 Å². The van der Waals surface area contributed by atoms with Crippen LogP contribution in [0.4, 0.5) is 5.69 Å². The van der Waals surface area contributed by atoms with E-state index in [1.54, 1.807) is 0 Å². The summed E-state index contributed by atoms with van der Waals surface area (Å²) in [6.45, 7) is 0.0612. The maximum atomic E-state index is 11.1. The van der Waals surface area contributed by atoms with Crippen molar-refractivity contribution in [2.24, 2.45) is 5.73 Å². The largest absolute Gasteiger partial charge is 0.320 e. The van der Waals surface area contributed by atoms with Gasteiger partial charge in [-0.1, -0.05) is 11.8 Å². The van der Waals surface area contributed by atoms with Crippen molar-refractivity contribution in [1.82, 2.24) is 0 Å². The molecule has 0 aliphatic carbocycles. The van der Waals surface area contributed by atoms with Crippen LogP contribution in [0.1, 0.15) is 5.56 Å². The highest BCUT2D eigenvalue weighted by Crippen LogP contribution is 2.22. The standard InChI is InChI=1S/C9H7ClN2O4S/c10-17(15,16)9-5-7(2-1-3-11)4-8(6-9)12(13)14/h4-6H,3,11H2. The number of non-ortho nitro benzene ring substituents is 1. The fraction of sp³-hybridized carbons (Fsp3) is 0.111. The van der Waals surface area contributed by atoms with Crippen molar-refractivity contribution < 1.29 is 13.3 Å². The van der Waals surface area contributed by atoms with E-state index in [2.05, 4.69) is 11.8 Å². The minimum Gasteiger partial charge on any atom is -0.320 e. The third-order valence-corrected chi connectivity index (χ3v) is 3.05. The first-order chi connectivity index (χ1) is 7.84. The molecule has 0 aliphatic rings. The number of halogens is 1. The second-order valence-corrected chi connectivity index (χ2v) is 5.48. The molecule has 1 aromatic rings. The van der Waals surface area contributed by atoms with Crippen LogP contribution in [0.2, 0.25) is 0 Å². The zero-order valence-electron chi connectivity index (χ0n) is 8.38. The van der Waals surface area contributed by atoms with Gasteiger partial charge < -0.3 is 5.73 Å². The molecule has 1 rings (SSSR count). The molecule has 1 aromatic carbocycles. The molecule has 17 heavy (non-hydrogen) atoms. The fourth-order valence-electron chi connectivity index (χ4n) is 1.05. The predicted molar refractivity (Wildman–Crippen MR) is 62.1 cm³/mol. The Kier molecular flexibility index (Phi) is 4.07. The molecule has 0 saturated heterocycles. The van der Waals surface area contributed by atoms with Crippen LogP contribution in [-0.2, 0) is 9.05 Å². The molecule has 0 spiro atoms. The molecule has 0 aromatic heterocycles. The monoisotopic (exact) mass is 274 g/mol. The van der Waals surface area contributed by atoms with E-state index in [9.17, 15) is 18.5 Å².